The Bertz CT molecular complexity index is 2000. The van der Waals surface area contributed by atoms with Crippen LogP contribution in [0, 0.1) is 11.8 Å². The van der Waals surface area contributed by atoms with Gasteiger partial charge in [0.2, 0.25) is 0 Å². The minimum absolute atomic E-state index is 0.107. The number of phosphoric ester groups is 2. The van der Waals surface area contributed by atoms with Gasteiger partial charge in [-0.15, -0.1) is 0 Å². The molecule has 0 saturated carbocycles. The van der Waals surface area contributed by atoms with Crippen molar-refractivity contribution in [3.8, 4) is 0 Å². The van der Waals surface area contributed by atoms with Crippen LogP contribution in [0.1, 0.15) is 452 Å². The molecule has 3 unspecified atom stereocenters. The van der Waals surface area contributed by atoms with Gasteiger partial charge in [0, 0.05) is 25.7 Å². The molecule has 0 aliphatic rings. The van der Waals surface area contributed by atoms with Crippen molar-refractivity contribution >= 4 is 39.5 Å². The first kappa shape index (κ1) is 102. The van der Waals surface area contributed by atoms with Crippen LogP contribution in [0.15, 0.2) is 0 Å². The molecular formula is C85H166O17P2. The summed E-state index contributed by atoms with van der Waals surface area (Å²) < 4.78 is 68.9. The summed E-state index contributed by atoms with van der Waals surface area (Å²) in [4.78, 5) is 73.2. The van der Waals surface area contributed by atoms with Gasteiger partial charge in [-0.05, 0) is 37.5 Å². The Kier molecular flexibility index (Phi) is 75.0. The van der Waals surface area contributed by atoms with Crippen molar-refractivity contribution in [3.63, 3.8) is 0 Å². The maximum absolute atomic E-state index is 13.1. The predicted molar refractivity (Wildman–Crippen MR) is 428 cm³/mol. The van der Waals surface area contributed by atoms with Crippen molar-refractivity contribution in [1.82, 2.24) is 0 Å². The number of aliphatic hydroxyl groups is 1. The Hall–Kier alpha value is -1.94. The van der Waals surface area contributed by atoms with Gasteiger partial charge in [0.25, 0.3) is 0 Å². The first-order valence-corrected chi connectivity index (χ1v) is 47.0. The first-order valence-electron chi connectivity index (χ1n) is 44.0. The second-order valence-corrected chi connectivity index (χ2v) is 34.2. The Morgan fingerprint density at radius 1 is 0.279 bits per heavy atom. The number of ether oxygens (including phenoxy) is 4. The van der Waals surface area contributed by atoms with Gasteiger partial charge in [-0.3, -0.25) is 37.3 Å². The number of hydrogen-bond acceptors (Lipinski definition) is 15. The van der Waals surface area contributed by atoms with Crippen LogP contribution in [0.2, 0.25) is 0 Å². The number of carbonyl (C=O) groups is 4. The lowest BCUT2D eigenvalue weighted by molar-refractivity contribution is -0.161. The van der Waals surface area contributed by atoms with Crippen LogP contribution < -0.4 is 0 Å². The second-order valence-electron chi connectivity index (χ2n) is 31.3. The Labute approximate surface area is 638 Å². The fraction of sp³-hybridized carbons (Fsp3) is 0.953. The predicted octanol–water partition coefficient (Wildman–Crippen LogP) is 25.8. The maximum Gasteiger partial charge on any atom is 0.472 e. The molecule has 0 aromatic carbocycles. The topological polar surface area (TPSA) is 237 Å². The number of hydrogen-bond donors (Lipinski definition) is 3. The molecule has 0 saturated heterocycles. The van der Waals surface area contributed by atoms with E-state index in [1.54, 1.807) is 0 Å². The molecule has 0 rings (SSSR count). The third-order valence-electron chi connectivity index (χ3n) is 20.3. The average molecular weight is 1520 g/mol. The quantitative estimate of drug-likeness (QED) is 0.0222. The summed E-state index contributed by atoms with van der Waals surface area (Å²) in [6.07, 6.45) is 67.9. The summed E-state index contributed by atoms with van der Waals surface area (Å²) >= 11 is 0. The zero-order valence-corrected chi connectivity index (χ0v) is 70.1. The largest absolute Gasteiger partial charge is 0.472 e. The highest BCUT2D eigenvalue weighted by molar-refractivity contribution is 7.47. The lowest BCUT2D eigenvalue weighted by Crippen LogP contribution is -2.30. The van der Waals surface area contributed by atoms with Crippen LogP contribution in [0.5, 0.6) is 0 Å². The van der Waals surface area contributed by atoms with Gasteiger partial charge in [-0.2, -0.15) is 0 Å². The summed E-state index contributed by atoms with van der Waals surface area (Å²) in [5, 5.41) is 10.7. The number of esters is 4. The van der Waals surface area contributed by atoms with E-state index in [1.165, 1.54) is 270 Å². The van der Waals surface area contributed by atoms with Crippen molar-refractivity contribution in [1.29, 1.82) is 0 Å². The zero-order chi connectivity index (χ0) is 76.4. The lowest BCUT2D eigenvalue weighted by Gasteiger charge is -2.21. The molecule has 0 heterocycles. The van der Waals surface area contributed by atoms with Crippen molar-refractivity contribution in [3.05, 3.63) is 0 Å². The summed E-state index contributed by atoms with van der Waals surface area (Å²) in [6, 6.07) is 0. The number of phosphoric acid groups is 2. The molecule has 0 bridgehead atoms. The van der Waals surface area contributed by atoms with Gasteiger partial charge in [-0.25, -0.2) is 9.13 Å². The van der Waals surface area contributed by atoms with E-state index in [-0.39, 0.29) is 25.7 Å². The van der Waals surface area contributed by atoms with Crippen LogP contribution in [0.4, 0.5) is 0 Å². The fourth-order valence-electron chi connectivity index (χ4n) is 13.2. The summed E-state index contributed by atoms with van der Waals surface area (Å²) in [5.74, 6) is -0.487. The molecule has 0 aliphatic carbocycles. The van der Waals surface area contributed by atoms with Crippen molar-refractivity contribution in [2.45, 2.75) is 471 Å². The molecule has 0 fully saturated rings. The number of rotatable bonds is 84. The monoisotopic (exact) mass is 1520 g/mol. The van der Waals surface area contributed by atoms with Crippen molar-refractivity contribution in [2.24, 2.45) is 11.8 Å². The van der Waals surface area contributed by atoms with E-state index in [0.29, 0.717) is 25.7 Å². The minimum Gasteiger partial charge on any atom is -0.462 e. The average Bonchev–Trinajstić information content (AvgIpc) is 0.938. The van der Waals surface area contributed by atoms with E-state index in [1.807, 2.05) is 0 Å². The van der Waals surface area contributed by atoms with Crippen LogP contribution in [0.25, 0.3) is 0 Å². The van der Waals surface area contributed by atoms with Gasteiger partial charge >= 0.3 is 39.5 Å². The molecule has 3 N–H and O–H groups in total. The fourth-order valence-corrected chi connectivity index (χ4v) is 14.8. The standard InChI is InChI=1S/C85H166O17P2/c1-7-10-12-14-16-18-20-21-22-23-24-25-26-31-34-38-45-51-57-63-69-84(89)101-80(74-96-83(88)68-62-56-50-44-37-33-30-28-27-29-32-36-41-47-53-59-65-77(4)5)75-99-103(91,92)97-71-79(86)72-98-104(93,94)100-76-81(73-95-82(87)67-61-55-49-43-35-19-17-15-13-11-8-2)102-85(90)70-64-58-52-46-40-39-42-48-54-60-66-78(6)9-3/h77-81,86H,7-76H2,1-6H3,(H,91,92)(H,93,94)/t78?,79-,80-,81-/m1/s1. The summed E-state index contributed by atoms with van der Waals surface area (Å²) in [7, 11) is -9.93. The molecule has 104 heavy (non-hydrogen) atoms. The third kappa shape index (κ3) is 76.8. The second kappa shape index (κ2) is 76.4. The first-order chi connectivity index (χ1) is 50.4. The number of unbranched alkanes of at least 4 members (excludes halogenated alkanes) is 53. The lowest BCUT2D eigenvalue weighted by atomic mass is 9.99. The Morgan fingerprint density at radius 3 is 0.731 bits per heavy atom. The molecule has 0 aromatic rings. The highest BCUT2D eigenvalue weighted by Crippen LogP contribution is 2.45. The third-order valence-corrected chi connectivity index (χ3v) is 22.2. The highest BCUT2D eigenvalue weighted by Gasteiger charge is 2.30. The Morgan fingerprint density at radius 2 is 0.490 bits per heavy atom. The van der Waals surface area contributed by atoms with Crippen LogP contribution in [-0.2, 0) is 65.4 Å². The van der Waals surface area contributed by atoms with Crippen LogP contribution >= 0.6 is 15.6 Å². The maximum atomic E-state index is 13.1. The Balaban J connectivity index is 5.24. The molecule has 6 atom stereocenters. The van der Waals surface area contributed by atoms with Crippen molar-refractivity contribution < 1.29 is 80.2 Å². The molecule has 618 valence electrons. The minimum atomic E-state index is -4.97. The van der Waals surface area contributed by atoms with Gasteiger partial charge in [0.05, 0.1) is 26.4 Å². The SMILES string of the molecule is CCCCCCCCCCCCCCCCCCCCCCC(=O)O[C@H](COC(=O)CCCCCCCCCCCCCCCCCCC(C)C)COP(=O)(O)OC[C@@H](O)COP(=O)(O)OC[C@@H](COC(=O)CCCCCCCCCCCCC)OC(=O)CCCCCCCCCCCCC(C)CC. The summed E-state index contributed by atoms with van der Waals surface area (Å²) in [6.45, 7) is 9.72. The van der Waals surface area contributed by atoms with E-state index >= 15 is 0 Å². The molecule has 17 nitrogen and oxygen atoms in total. The number of aliphatic hydroxyl groups excluding tert-OH is 1. The molecule has 19 heteroatoms. The molecule has 0 radical (unpaired) electrons. The van der Waals surface area contributed by atoms with Gasteiger partial charge < -0.3 is 33.8 Å². The zero-order valence-electron chi connectivity index (χ0n) is 68.3. The van der Waals surface area contributed by atoms with Gasteiger partial charge in [-0.1, -0.05) is 401 Å². The number of carbonyl (C=O) groups excluding carboxylic acids is 4. The highest BCUT2D eigenvalue weighted by atomic mass is 31.2. The van der Waals surface area contributed by atoms with E-state index < -0.39 is 97.5 Å². The molecule has 0 amide bonds. The summed E-state index contributed by atoms with van der Waals surface area (Å²) in [5.41, 5.74) is 0. The molecule has 0 aliphatic heterocycles. The van der Waals surface area contributed by atoms with E-state index in [9.17, 15) is 43.2 Å². The van der Waals surface area contributed by atoms with Crippen LogP contribution in [0.3, 0.4) is 0 Å². The van der Waals surface area contributed by atoms with Gasteiger partial charge in [0.15, 0.2) is 12.2 Å². The van der Waals surface area contributed by atoms with E-state index in [0.717, 1.165) is 102 Å². The van der Waals surface area contributed by atoms with Gasteiger partial charge in [0.1, 0.15) is 19.3 Å². The molecular weight excluding hydrogens is 1350 g/mol. The molecule has 0 spiro atoms. The van der Waals surface area contributed by atoms with Crippen molar-refractivity contribution in [2.75, 3.05) is 39.6 Å². The van der Waals surface area contributed by atoms with Crippen LogP contribution in [-0.4, -0.2) is 96.7 Å². The van der Waals surface area contributed by atoms with E-state index in [4.69, 9.17) is 37.0 Å². The van der Waals surface area contributed by atoms with E-state index in [2.05, 4.69) is 41.5 Å². The smallest absolute Gasteiger partial charge is 0.462 e. The molecule has 0 aromatic heterocycles. The normalized spacial score (nSPS) is 14.1.